The lowest BCUT2D eigenvalue weighted by molar-refractivity contribution is -0.123. The molecule has 2 aliphatic rings. The second-order valence-electron chi connectivity index (χ2n) is 7.31. The van der Waals surface area contributed by atoms with Gasteiger partial charge in [0.15, 0.2) is 5.13 Å². The molecule has 2 aromatic rings. The molecule has 1 aliphatic carbocycles. The Kier molecular flexibility index (Phi) is 5.22. The lowest BCUT2D eigenvalue weighted by Crippen LogP contribution is -2.42. The van der Waals surface area contributed by atoms with Crippen molar-refractivity contribution in [3.05, 3.63) is 40.9 Å². The first-order chi connectivity index (χ1) is 12.7. The average molecular weight is 371 g/mol. The highest BCUT2D eigenvalue weighted by Crippen LogP contribution is 2.37. The molecular weight excluding hydrogens is 344 g/mol. The molecule has 26 heavy (non-hydrogen) atoms. The molecule has 138 valence electrons. The van der Waals surface area contributed by atoms with Crippen LogP contribution in [0.5, 0.6) is 0 Å². The van der Waals surface area contributed by atoms with Crippen LogP contribution in [-0.2, 0) is 11.2 Å². The summed E-state index contributed by atoms with van der Waals surface area (Å²) in [6, 6.07) is 10.3. The minimum Gasteiger partial charge on any atom is -0.353 e. The van der Waals surface area contributed by atoms with Gasteiger partial charge in [-0.15, -0.1) is 11.3 Å². The first-order valence-corrected chi connectivity index (χ1v) is 10.3. The maximum Gasteiger partial charge on any atom is 0.229 e. The van der Waals surface area contributed by atoms with Gasteiger partial charge in [0.2, 0.25) is 5.91 Å². The van der Waals surface area contributed by atoms with Crippen LogP contribution in [0.25, 0.3) is 0 Å². The lowest BCUT2D eigenvalue weighted by Gasteiger charge is -2.25. The zero-order chi connectivity index (χ0) is 17.9. The largest absolute Gasteiger partial charge is 0.353 e. The number of anilines is 2. The normalized spacial score (nSPS) is 23.3. The molecule has 2 heterocycles. The quantitative estimate of drug-likeness (QED) is 0.754. The minimum absolute atomic E-state index is 0.113. The number of thiazole rings is 1. The van der Waals surface area contributed by atoms with Crippen molar-refractivity contribution in [3.8, 4) is 0 Å². The molecule has 3 atom stereocenters. The molecule has 6 heteroatoms. The molecule has 0 spiro atoms. The van der Waals surface area contributed by atoms with Crippen molar-refractivity contribution in [2.75, 3.05) is 18.4 Å². The third kappa shape index (κ3) is 3.76. The highest BCUT2D eigenvalue weighted by atomic mass is 32.1. The van der Waals surface area contributed by atoms with Crippen molar-refractivity contribution in [1.29, 1.82) is 0 Å². The van der Waals surface area contributed by atoms with Gasteiger partial charge in [-0.05, 0) is 63.7 Å². The molecule has 5 nitrogen and oxygen atoms in total. The van der Waals surface area contributed by atoms with Crippen LogP contribution in [0.1, 0.15) is 42.7 Å². The Morgan fingerprint density at radius 2 is 2.15 bits per heavy atom. The van der Waals surface area contributed by atoms with E-state index in [4.69, 9.17) is 4.98 Å². The fraction of sp³-hybridized carbons (Fsp3) is 0.500. The van der Waals surface area contributed by atoms with Gasteiger partial charge in [-0.2, -0.15) is 0 Å². The van der Waals surface area contributed by atoms with Gasteiger partial charge in [0, 0.05) is 16.6 Å². The monoisotopic (exact) mass is 370 g/mol. The number of benzene rings is 1. The number of aromatic nitrogens is 1. The van der Waals surface area contributed by atoms with E-state index in [0.29, 0.717) is 5.92 Å². The van der Waals surface area contributed by atoms with Crippen molar-refractivity contribution in [3.63, 3.8) is 0 Å². The second-order valence-corrected chi connectivity index (χ2v) is 8.40. The third-order valence-corrected chi connectivity index (χ3v) is 6.52. The van der Waals surface area contributed by atoms with E-state index < -0.39 is 0 Å². The lowest BCUT2D eigenvalue weighted by atomic mass is 9.89. The van der Waals surface area contributed by atoms with E-state index in [1.807, 2.05) is 30.3 Å². The molecular formula is C20H26N4OS. The summed E-state index contributed by atoms with van der Waals surface area (Å²) < 4.78 is 0. The van der Waals surface area contributed by atoms with Crippen LogP contribution in [0, 0.1) is 5.92 Å². The average Bonchev–Trinajstić information content (AvgIpc) is 3.31. The summed E-state index contributed by atoms with van der Waals surface area (Å²) in [5.74, 6) is 0.563. The predicted octanol–water partition coefficient (Wildman–Crippen LogP) is 3.42. The summed E-state index contributed by atoms with van der Waals surface area (Å²) in [7, 11) is 0. The summed E-state index contributed by atoms with van der Waals surface area (Å²) in [6.07, 6.45) is 4.11. The Balaban J connectivity index is 1.47. The summed E-state index contributed by atoms with van der Waals surface area (Å²) in [6.45, 7) is 4.18. The fourth-order valence-electron chi connectivity index (χ4n) is 3.92. The topological polar surface area (TPSA) is 66.0 Å². The van der Waals surface area contributed by atoms with Crippen LogP contribution >= 0.6 is 11.3 Å². The van der Waals surface area contributed by atoms with Crippen LogP contribution in [0.4, 0.5) is 10.8 Å². The standard InChI is InChI=1S/C20H26N4OS/c1-13(14-10-11-21-12-14)22-19(25)16-8-5-9-17-18(16)24-20(26-17)23-15-6-3-2-4-7-15/h2-4,6-7,13-14,16,21H,5,8-12H2,1H3,(H,22,25)(H,23,24). The first kappa shape index (κ1) is 17.5. The Morgan fingerprint density at radius 3 is 2.92 bits per heavy atom. The van der Waals surface area contributed by atoms with E-state index in [-0.39, 0.29) is 17.9 Å². The molecule has 0 radical (unpaired) electrons. The van der Waals surface area contributed by atoms with Gasteiger partial charge in [-0.3, -0.25) is 4.79 Å². The molecule has 0 bridgehead atoms. The van der Waals surface area contributed by atoms with Gasteiger partial charge in [0.05, 0.1) is 11.6 Å². The molecule has 3 N–H and O–H groups in total. The third-order valence-electron chi connectivity index (χ3n) is 5.47. The summed E-state index contributed by atoms with van der Waals surface area (Å²) in [4.78, 5) is 19.0. The molecule has 0 saturated carbocycles. The zero-order valence-electron chi connectivity index (χ0n) is 15.1. The first-order valence-electron chi connectivity index (χ1n) is 9.53. The number of hydrogen-bond donors (Lipinski definition) is 3. The number of hydrogen-bond acceptors (Lipinski definition) is 5. The van der Waals surface area contributed by atoms with Crippen LogP contribution in [0.3, 0.4) is 0 Å². The van der Waals surface area contributed by atoms with E-state index in [2.05, 4.69) is 22.9 Å². The summed E-state index contributed by atoms with van der Waals surface area (Å²) in [5, 5.41) is 10.9. The number of fused-ring (bicyclic) bond motifs is 1. The van der Waals surface area contributed by atoms with Gasteiger partial charge in [0.25, 0.3) is 0 Å². The smallest absolute Gasteiger partial charge is 0.229 e. The molecule has 1 amide bonds. The summed E-state index contributed by atoms with van der Waals surface area (Å²) in [5.41, 5.74) is 2.01. The Labute approximate surface area is 158 Å². The Hall–Kier alpha value is -1.92. The van der Waals surface area contributed by atoms with Crippen LogP contribution in [-0.4, -0.2) is 30.0 Å². The molecule has 3 unspecified atom stereocenters. The van der Waals surface area contributed by atoms with Gasteiger partial charge < -0.3 is 16.0 Å². The number of para-hydroxylation sites is 1. The van der Waals surface area contributed by atoms with Gasteiger partial charge >= 0.3 is 0 Å². The van der Waals surface area contributed by atoms with Crippen molar-refractivity contribution in [2.45, 2.75) is 44.6 Å². The Morgan fingerprint density at radius 1 is 1.31 bits per heavy atom. The van der Waals surface area contributed by atoms with Crippen molar-refractivity contribution in [1.82, 2.24) is 15.6 Å². The number of rotatable bonds is 5. The van der Waals surface area contributed by atoms with Crippen molar-refractivity contribution >= 4 is 28.1 Å². The summed E-state index contributed by atoms with van der Waals surface area (Å²) >= 11 is 1.68. The maximum absolute atomic E-state index is 12.9. The van der Waals surface area contributed by atoms with Crippen LogP contribution in [0.15, 0.2) is 30.3 Å². The van der Waals surface area contributed by atoms with Gasteiger partial charge in [0.1, 0.15) is 0 Å². The molecule has 1 saturated heterocycles. The van der Waals surface area contributed by atoms with Crippen molar-refractivity contribution < 1.29 is 4.79 Å². The SMILES string of the molecule is CC(NC(=O)C1CCCc2sc(Nc3ccccc3)nc21)C1CCNC1. The molecule has 1 fully saturated rings. The van der Waals surface area contributed by atoms with Gasteiger partial charge in [-0.25, -0.2) is 4.98 Å². The van der Waals surface area contributed by atoms with E-state index >= 15 is 0 Å². The zero-order valence-corrected chi connectivity index (χ0v) is 15.9. The number of nitrogens with one attached hydrogen (secondary N) is 3. The molecule has 4 rings (SSSR count). The predicted molar refractivity (Wildman–Crippen MR) is 106 cm³/mol. The highest BCUT2D eigenvalue weighted by Gasteiger charge is 2.32. The minimum atomic E-state index is -0.113. The van der Waals surface area contributed by atoms with E-state index in [0.717, 1.165) is 55.3 Å². The number of nitrogens with zero attached hydrogens (tertiary/aromatic N) is 1. The maximum atomic E-state index is 12.9. The van der Waals surface area contributed by atoms with E-state index in [1.54, 1.807) is 11.3 Å². The van der Waals surface area contributed by atoms with Gasteiger partial charge in [-0.1, -0.05) is 18.2 Å². The van der Waals surface area contributed by atoms with E-state index in [9.17, 15) is 4.79 Å². The number of carbonyl (C=O) groups excluding carboxylic acids is 1. The fourth-order valence-corrected chi connectivity index (χ4v) is 5.00. The number of aryl methyl sites for hydroxylation is 1. The van der Waals surface area contributed by atoms with Crippen molar-refractivity contribution in [2.24, 2.45) is 5.92 Å². The van der Waals surface area contributed by atoms with Crippen LogP contribution in [0.2, 0.25) is 0 Å². The van der Waals surface area contributed by atoms with E-state index in [1.165, 1.54) is 4.88 Å². The Bertz CT molecular complexity index is 754. The molecule has 1 aromatic carbocycles. The van der Waals surface area contributed by atoms with Crippen LogP contribution < -0.4 is 16.0 Å². The molecule has 1 aromatic heterocycles. The molecule has 1 aliphatic heterocycles. The number of carbonyl (C=O) groups is 1. The second kappa shape index (κ2) is 7.76. The highest BCUT2D eigenvalue weighted by molar-refractivity contribution is 7.15. The number of amides is 1.